The van der Waals surface area contributed by atoms with E-state index in [0.29, 0.717) is 38.6 Å². The topological polar surface area (TPSA) is 83.0 Å². The molecule has 0 fully saturated rings. The van der Waals surface area contributed by atoms with Crippen molar-refractivity contribution in [3.8, 4) is 5.75 Å². The summed E-state index contributed by atoms with van der Waals surface area (Å²) in [6.45, 7) is 4.13. The number of alkyl halides is 3. The van der Waals surface area contributed by atoms with Crippen LogP contribution in [0.4, 0.5) is 13.2 Å². The molecule has 11 heteroatoms. The number of nitrogens with zero attached hydrogens (tertiary/aromatic N) is 2. The van der Waals surface area contributed by atoms with E-state index in [0.717, 1.165) is 5.56 Å². The van der Waals surface area contributed by atoms with Crippen molar-refractivity contribution in [3.05, 3.63) is 29.8 Å². The maximum atomic E-state index is 12.2. The van der Waals surface area contributed by atoms with Crippen molar-refractivity contribution in [1.29, 1.82) is 0 Å². The zero-order chi connectivity index (χ0) is 21.9. The van der Waals surface area contributed by atoms with Gasteiger partial charge in [0, 0.05) is 26.7 Å². The number of sulfonamides is 1. The smallest absolute Gasteiger partial charge is 0.422 e. The second kappa shape index (κ2) is 11.9. The Morgan fingerprint density at radius 1 is 1.17 bits per heavy atom. The van der Waals surface area contributed by atoms with Crippen LogP contribution in [0.1, 0.15) is 25.8 Å². The minimum absolute atomic E-state index is 0.0705. The predicted molar refractivity (Wildman–Crippen MR) is 108 cm³/mol. The predicted octanol–water partition coefficient (Wildman–Crippen LogP) is 2.35. The molecule has 0 spiro atoms. The second-order valence-electron chi connectivity index (χ2n) is 6.25. The van der Waals surface area contributed by atoms with E-state index >= 15 is 0 Å². The lowest BCUT2D eigenvalue weighted by molar-refractivity contribution is -0.153. The average molecular weight is 439 g/mol. The first-order chi connectivity index (χ1) is 13.6. The number of aliphatic imine (C=N–C) groups is 1. The molecule has 0 aliphatic carbocycles. The van der Waals surface area contributed by atoms with E-state index in [1.54, 1.807) is 26.1 Å². The summed E-state index contributed by atoms with van der Waals surface area (Å²) in [5.41, 5.74) is 0.815. The highest BCUT2D eigenvalue weighted by molar-refractivity contribution is 7.89. The summed E-state index contributed by atoms with van der Waals surface area (Å²) in [5.74, 6) is 0.790. The quantitative estimate of drug-likeness (QED) is 0.315. The molecule has 0 radical (unpaired) electrons. The Labute approximate surface area is 170 Å². The highest BCUT2D eigenvalue weighted by Crippen LogP contribution is 2.19. The van der Waals surface area contributed by atoms with Gasteiger partial charge in [0.2, 0.25) is 10.0 Å². The van der Waals surface area contributed by atoms with Crippen molar-refractivity contribution in [3.63, 3.8) is 0 Å². The monoisotopic (exact) mass is 438 g/mol. The number of hydrogen-bond acceptors (Lipinski definition) is 4. The van der Waals surface area contributed by atoms with Gasteiger partial charge in [-0.05, 0) is 38.0 Å². The van der Waals surface area contributed by atoms with Crippen molar-refractivity contribution >= 4 is 16.0 Å². The first-order valence-corrected chi connectivity index (χ1v) is 10.9. The fourth-order valence-corrected chi connectivity index (χ4v) is 3.08. The van der Waals surface area contributed by atoms with Gasteiger partial charge in [-0.1, -0.05) is 12.1 Å². The molecule has 0 heterocycles. The average Bonchev–Trinajstić information content (AvgIpc) is 2.67. The second-order valence-corrected chi connectivity index (χ2v) is 8.61. The number of halogens is 3. The number of hydrogen-bond donors (Lipinski definition) is 2. The summed E-state index contributed by atoms with van der Waals surface area (Å²) in [5, 5.41) is 6.22. The molecule has 0 saturated carbocycles. The molecule has 1 aromatic carbocycles. The Bertz CT molecular complexity index is 738. The molecule has 0 saturated heterocycles. The fourth-order valence-electron chi connectivity index (χ4n) is 2.24. The van der Waals surface area contributed by atoms with Gasteiger partial charge in [0.15, 0.2) is 12.6 Å². The molecule has 2 N–H and O–H groups in total. The summed E-state index contributed by atoms with van der Waals surface area (Å²) in [6, 6.07) is 6.26. The molecule has 0 atom stereocenters. The number of ether oxygens (including phenoxy) is 1. The number of nitrogens with one attached hydrogen (secondary N) is 2. The van der Waals surface area contributed by atoms with Crippen molar-refractivity contribution in [2.24, 2.45) is 4.99 Å². The Balaban J connectivity index is 2.51. The Hall–Kier alpha value is -2.01. The summed E-state index contributed by atoms with van der Waals surface area (Å²) >= 11 is 0. The highest BCUT2D eigenvalue weighted by atomic mass is 32.2. The lowest BCUT2D eigenvalue weighted by Gasteiger charge is -2.16. The molecule has 1 aromatic rings. The van der Waals surface area contributed by atoms with Crippen LogP contribution in [0.3, 0.4) is 0 Å². The lowest BCUT2D eigenvalue weighted by atomic mass is 10.2. The van der Waals surface area contributed by atoms with Gasteiger partial charge in [0.25, 0.3) is 0 Å². The van der Waals surface area contributed by atoms with Crippen LogP contribution in [0, 0.1) is 0 Å². The van der Waals surface area contributed by atoms with Gasteiger partial charge >= 0.3 is 6.18 Å². The third-order valence-electron chi connectivity index (χ3n) is 3.87. The third kappa shape index (κ3) is 10.4. The van der Waals surface area contributed by atoms with Gasteiger partial charge in [-0.25, -0.2) is 17.7 Å². The lowest BCUT2D eigenvalue weighted by Crippen LogP contribution is -2.39. The van der Waals surface area contributed by atoms with Crippen LogP contribution in [-0.4, -0.2) is 63.9 Å². The van der Waals surface area contributed by atoms with Gasteiger partial charge in [0.05, 0.1) is 12.3 Å². The zero-order valence-corrected chi connectivity index (χ0v) is 17.7. The van der Waals surface area contributed by atoms with Gasteiger partial charge in [0.1, 0.15) is 5.75 Å². The molecule has 0 aliphatic rings. The van der Waals surface area contributed by atoms with E-state index in [1.807, 2.05) is 6.92 Å². The largest absolute Gasteiger partial charge is 0.484 e. The Morgan fingerprint density at radius 3 is 2.38 bits per heavy atom. The summed E-state index contributed by atoms with van der Waals surface area (Å²) in [7, 11) is -1.63. The Kier molecular flexibility index (Phi) is 10.2. The van der Waals surface area contributed by atoms with Gasteiger partial charge in [-0.2, -0.15) is 13.2 Å². The van der Waals surface area contributed by atoms with E-state index in [1.165, 1.54) is 16.4 Å². The van der Waals surface area contributed by atoms with Crippen molar-refractivity contribution in [2.75, 3.05) is 39.0 Å². The minimum atomic E-state index is -4.37. The normalized spacial score (nSPS) is 12.9. The molecule has 7 nitrogen and oxygen atoms in total. The standard InChI is InChI=1S/C18H29F3N4O3S/c1-4-22-17(23-11-6-12-25(3)29(26,27)5-2)24-13-15-7-9-16(10-8-15)28-14-18(19,20)21/h7-10H,4-6,11-14H2,1-3H3,(H2,22,23,24). The van der Waals surface area contributed by atoms with Crippen molar-refractivity contribution in [2.45, 2.75) is 33.0 Å². The number of benzene rings is 1. The zero-order valence-electron chi connectivity index (χ0n) is 16.9. The van der Waals surface area contributed by atoms with E-state index < -0.39 is 22.8 Å². The number of rotatable bonds is 11. The van der Waals surface area contributed by atoms with Crippen LogP contribution in [0.25, 0.3) is 0 Å². The van der Waals surface area contributed by atoms with Crippen molar-refractivity contribution < 1.29 is 26.3 Å². The SMILES string of the molecule is CCNC(=NCc1ccc(OCC(F)(F)F)cc1)NCCCN(C)S(=O)(=O)CC. The van der Waals surface area contributed by atoms with Crippen LogP contribution in [0.2, 0.25) is 0 Å². The van der Waals surface area contributed by atoms with Crippen molar-refractivity contribution in [1.82, 2.24) is 14.9 Å². The summed E-state index contributed by atoms with van der Waals surface area (Å²) in [6.07, 6.45) is -3.75. The van der Waals surface area contributed by atoms with Crippen LogP contribution < -0.4 is 15.4 Å². The van der Waals surface area contributed by atoms with Crippen LogP contribution in [0.5, 0.6) is 5.75 Å². The Morgan fingerprint density at radius 2 is 1.83 bits per heavy atom. The maximum absolute atomic E-state index is 12.2. The molecule has 0 amide bonds. The number of guanidine groups is 1. The molecule has 166 valence electrons. The molecular weight excluding hydrogens is 409 g/mol. The molecule has 0 aromatic heterocycles. The van der Waals surface area contributed by atoms with Crippen LogP contribution >= 0.6 is 0 Å². The molecule has 0 bridgehead atoms. The molecular formula is C18H29F3N4O3S. The highest BCUT2D eigenvalue weighted by Gasteiger charge is 2.28. The van der Waals surface area contributed by atoms with E-state index in [2.05, 4.69) is 20.4 Å². The molecule has 29 heavy (non-hydrogen) atoms. The summed E-state index contributed by atoms with van der Waals surface area (Å²) in [4.78, 5) is 4.42. The van der Waals surface area contributed by atoms with Crippen LogP contribution in [0.15, 0.2) is 29.3 Å². The van der Waals surface area contributed by atoms with E-state index in [9.17, 15) is 21.6 Å². The van der Waals surface area contributed by atoms with E-state index in [4.69, 9.17) is 0 Å². The summed E-state index contributed by atoms with van der Waals surface area (Å²) < 4.78 is 65.9. The minimum Gasteiger partial charge on any atom is -0.484 e. The van der Waals surface area contributed by atoms with E-state index in [-0.39, 0.29) is 11.5 Å². The first kappa shape index (κ1) is 25.0. The van der Waals surface area contributed by atoms with Gasteiger partial charge in [-0.15, -0.1) is 0 Å². The maximum Gasteiger partial charge on any atom is 0.422 e. The van der Waals surface area contributed by atoms with Crippen LogP contribution in [-0.2, 0) is 16.6 Å². The molecule has 0 aliphatic heterocycles. The third-order valence-corrected chi connectivity index (χ3v) is 5.73. The molecule has 0 unspecified atom stereocenters. The molecule has 1 rings (SSSR count). The van der Waals surface area contributed by atoms with Gasteiger partial charge < -0.3 is 15.4 Å². The first-order valence-electron chi connectivity index (χ1n) is 9.32. The van der Waals surface area contributed by atoms with Gasteiger partial charge in [-0.3, -0.25) is 0 Å². The fraction of sp³-hybridized carbons (Fsp3) is 0.611.